The van der Waals surface area contributed by atoms with Gasteiger partial charge >= 0.3 is 0 Å². The summed E-state index contributed by atoms with van der Waals surface area (Å²) in [6, 6.07) is 6.37. The van der Waals surface area contributed by atoms with E-state index in [4.69, 9.17) is 10.7 Å². The molecule has 1 heterocycles. The van der Waals surface area contributed by atoms with E-state index < -0.39 is 0 Å². The van der Waals surface area contributed by atoms with Gasteiger partial charge in [0.2, 0.25) is 0 Å². The SMILES string of the molecule is Cc1ccc(-c2nc(N)c3c(n2)CCCCC3)c(C)c1. The number of hydrogen-bond donors (Lipinski definition) is 1. The summed E-state index contributed by atoms with van der Waals surface area (Å²) in [6.07, 6.45) is 5.71. The minimum absolute atomic E-state index is 0.673. The fourth-order valence-electron chi connectivity index (χ4n) is 2.98. The van der Waals surface area contributed by atoms with E-state index in [-0.39, 0.29) is 0 Å². The predicted molar refractivity (Wildman–Crippen MR) is 82.6 cm³/mol. The number of aryl methyl sites for hydroxylation is 3. The van der Waals surface area contributed by atoms with Crippen molar-refractivity contribution in [1.29, 1.82) is 0 Å². The van der Waals surface area contributed by atoms with Crippen LogP contribution in [0.2, 0.25) is 0 Å². The first kappa shape index (κ1) is 13.1. The summed E-state index contributed by atoms with van der Waals surface area (Å²) in [5.74, 6) is 1.45. The van der Waals surface area contributed by atoms with E-state index in [0.717, 1.165) is 29.9 Å². The molecule has 0 saturated carbocycles. The van der Waals surface area contributed by atoms with Crippen LogP contribution in [-0.4, -0.2) is 9.97 Å². The maximum absolute atomic E-state index is 6.18. The molecule has 0 fully saturated rings. The fourth-order valence-corrected chi connectivity index (χ4v) is 2.98. The molecule has 0 saturated heterocycles. The van der Waals surface area contributed by atoms with Crippen LogP contribution >= 0.6 is 0 Å². The van der Waals surface area contributed by atoms with Crippen LogP contribution in [-0.2, 0) is 12.8 Å². The van der Waals surface area contributed by atoms with Crippen molar-refractivity contribution in [2.45, 2.75) is 46.0 Å². The van der Waals surface area contributed by atoms with E-state index in [0.29, 0.717) is 5.82 Å². The lowest BCUT2D eigenvalue weighted by atomic mass is 10.0. The second-order valence-electron chi connectivity index (χ2n) is 5.74. The van der Waals surface area contributed by atoms with Crippen molar-refractivity contribution in [2.75, 3.05) is 5.73 Å². The Morgan fingerprint density at radius 1 is 1.00 bits per heavy atom. The topological polar surface area (TPSA) is 51.8 Å². The highest BCUT2D eigenvalue weighted by molar-refractivity contribution is 5.63. The molecule has 3 rings (SSSR count). The summed E-state index contributed by atoms with van der Waals surface area (Å²) >= 11 is 0. The number of aromatic nitrogens is 2. The monoisotopic (exact) mass is 267 g/mol. The Labute approximate surface area is 120 Å². The molecule has 1 aliphatic carbocycles. The number of anilines is 1. The predicted octanol–water partition coefficient (Wildman–Crippen LogP) is 3.61. The van der Waals surface area contributed by atoms with Crippen molar-refractivity contribution in [2.24, 2.45) is 0 Å². The van der Waals surface area contributed by atoms with Crippen molar-refractivity contribution < 1.29 is 0 Å². The molecule has 1 aromatic carbocycles. The van der Waals surface area contributed by atoms with E-state index >= 15 is 0 Å². The number of hydrogen-bond acceptors (Lipinski definition) is 3. The highest BCUT2D eigenvalue weighted by atomic mass is 15.0. The van der Waals surface area contributed by atoms with E-state index in [1.807, 2.05) is 0 Å². The average Bonchev–Trinajstić information content (AvgIpc) is 2.64. The van der Waals surface area contributed by atoms with Gasteiger partial charge in [-0.05, 0) is 45.1 Å². The molecule has 1 aliphatic rings. The first-order valence-electron chi connectivity index (χ1n) is 7.38. The van der Waals surface area contributed by atoms with Gasteiger partial charge in [0, 0.05) is 16.8 Å². The van der Waals surface area contributed by atoms with Gasteiger partial charge in [0.15, 0.2) is 5.82 Å². The third-order valence-corrected chi connectivity index (χ3v) is 4.09. The van der Waals surface area contributed by atoms with Crippen LogP contribution in [0.15, 0.2) is 18.2 Å². The summed E-state index contributed by atoms with van der Waals surface area (Å²) in [4.78, 5) is 9.36. The van der Waals surface area contributed by atoms with Gasteiger partial charge in [0.1, 0.15) is 5.82 Å². The highest BCUT2D eigenvalue weighted by Gasteiger charge is 2.16. The zero-order valence-electron chi connectivity index (χ0n) is 12.2. The molecule has 2 N–H and O–H groups in total. The maximum atomic E-state index is 6.18. The molecule has 104 valence electrons. The summed E-state index contributed by atoms with van der Waals surface area (Å²) in [5, 5.41) is 0. The van der Waals surface area contributed by atoms with Crippen LogP contribution in [0.3, 0.4) is 0 Å². The number of nitrogen functional groups attached to an aromatic ring is 1. The number of fused-ring (bicyclic) bond motifs is 1. The molecule has 2 aromatic rings. The van der Waals surface area contributed by atoms with E-state index in [1.165, 1.54) is 36.0 Å². The quantitative estimate of drug-likeness (QED) is 0.803. The Hall–Kier alpha value is -1.90. The van der Waals surface area contributed by atoms with Crippen LogP contribution < -0.4 is 5.73 Å². The van der Waals surface area contributed by atoms with Crippen molar-refractivity contribution in [3.8, 4) is 11.4 Å². The molecule has 0 radical (unpaired) electrons. The molecule has 1 aromatic heterocycles. The Morgan fingerprint density at radius 2 is 1.80 bits per heavy atom. The summed E-state index contributed by atoms with van der Waals surface area (Å²) in [5.41, 5.74) is 12.1. The van der Waals surface area contributed by atoms with Crippen LogP contribution in [0.25, 0.3) is 11.4 Å². The van der Waals surface area contributed by atoms with Crippen LogP contribution in [0.1, 0.15) is 41.6 Å². The first-order chi connectivity index (χ1) is 9.65. The van der Waals surface area contributed by atoms with Crippen molar-refractivity contribution in [3.63, 3.8) is 0 Å². The lowest BCUT2D eigenvalue weighted by Gasteiger charge is -2.12. The second kappa shape index (κ2) is 5.23. The molecule has 0 aliphatic heterocycles. The van der Waals surface area contributed by atoms with Crippen molar-refractivity contribution in [3.05, 3.63) is 40.6 Å². The van der Waals surface area contributed by atoms with Gasteiger partial charge in [-0.3, -0.25) is 0 Å². The van der Waals surface area contributed by atoms with Gasteiger partial charge in [0.25, 0.3) is 0 Å². The summed E-state index contributed by atoms with van der Waals surface area (Å²) < 4.78 is 0. The Bertz CT molecular complexity index is 647. The Balaban J connectivity index is 2.11. The smallest absolute Gasteiger partial charge is 0.162 e. The summed E-state index contributed by atoms with van der Waals surface area (Å²) in [7, 11) is 0. The van der Waals surface area contributed by atoms with Gasteiger partial charge < -0.3 is 5.73 Å². The number of nitrogens with zero attached hydrogens (tertiary/aromatic N) is 2. The Kier molecular flexibility index (Phi) is 3.43. The van der Waals surface area contributed by atoms with E-state index in [1.54, 1.807) is 0 Å². The molecule has 0 atom stereocenters. The number of benzene rings is 1. The lowest BCUT2D eigenvalue weighted by Crippen LogP contribution is -2.07. The normalized spacial score (nSPS) is 14.7. The average molecular weight is 267 g/mol. The van der Waals surface area contributed by atoms with Crippen LogP contribution in [0, 0.1) is 13.8 Å². The van der Waals surface area contributed by atoms with Gasteiger partial charge in [-0.25, -0.2) is 9.97 Å². The van der Waals surface area contributed by atoms with Gasteiger partial charge in [-0.15, -0.1) is 0 Å². The maximum Gasteiger partial charge on any atom is 0.162 e. The molecule has 0 unspecified atom stereocenters. The van der Waals surface area contributed by atoms with Crippen molar-refractivity contribution in [1.82, 2.24) is 9.97 Å². The van der Waals surface area contributed by atoms with Gasteiger partial charge in [-0.1, -0.05) is 30.2 Å². The van der Waals surface area contributed by atoms with Crippen LogP contribution in [0.5, 0.6) is 0 Å². The second-order valence-corrected chi connectivity index (χ2v) is 5.74. The molecule has 3 nitrogen and oxygen atoms in total. The summed E-state index contributed by atoms with van der Waals surface area (Å²) in [6.45, 7) is 4.20. The lowest BCUT2D eigenvalue weighted by molar-refractivity contribution is 0.709. The highest BCUT2D eigenvalue weighted by Crippen LogP contribution is 2.27. The standard InChI is InChI=1S/C17H21N3/c1-11-8-9-13(12(2)10-11)17-19-15-7-5-3-4-6-14(15)16(18)20-17/h8-10H,3-7H2,1-2H3,(H2,18,19,20). The molecule has 20 heavy (non-hydrogen) atoms. The molecule has 0 amide bonds. The molecule has 0 spiro atoms. The van der Waals surface area contributed by atoms with E-state index in [9.17, 15) is 0 Å². The van der Waals surface area contributed by atoms with Gasteiger partial charge in [0.05, 0.1) is 0 Å². The first-order valence-corrected chi connectivity index (χ1v) is 7.38. The zero-order valence-corrected chi connectivity index (χ0v) is 12.2. The number of nitrogens with two attached hydrogens (primary N) is 1. The molecular weight excluding hydrogens is 246 g/mol. The number of rotatable bonds is 1. The molecular formula is C17H21N3. The van der Waals surface area contributed by atoms with Gasteiger partial charge in [-0.2, -0.15) is 0 Å². The fraction of sp³-hybridized carbons (Fsp3) is 0.412. The zero-order chi connectivity index (χ0) is 14.1. The Morgan fingerprint density at radius 3 is 2.60 bits per heavy atom. The minimum Gasteiger partial charge on any atom is -0.383 e. The molecule has 3 heteroatoms. The van der Waals surface area contributed by atoms with Crippen molar-refractivity contribution >= 4 is 5.82 Å². The third kappa shape index (κ3) is 2.40. The third-order valence-electron chi connectivity index (χ3n) is 4.09. The van der Waals surface area contributed by atoms with E-state index in [2.05, 4.69) is 37.0 Å². The molecule has 0 bridgehead atoms. The largest absolute Gasteiger partial charge is 0.383 e. The van der Waals surface area contributed by atoms with Crippen LogP contribution in [0.4, 0.5) is 5.82 Å². The minimum atomic E-state index is 0.673.